The zero-order valence-electron chi connectivity index (χ0n) is 14.7. The minimum Gasteiger partial charge on any atom is -1.00 e. The molecule has 136 valence electrons. The van der Waals surface area contributed by atoms with Crippen LogP contribution in [0.25, 0.3) is 17.1 Å². The number of anilines is 2. The topological polar surface area (TPSA) is 38.0 Å². The summed E-state index contributed by atoms with van der Waals surface area (Å²) in [5.41, 5.74) is 3.13. The Bertz CT molecular complexity index is 989. The van der Waals surface area contributed by atoms with Crippen LogP contribution in [-0.2, 0) is 0 Å². The van der Waals surface area contributed by atoms with Gasteiger partial charge in [-0.3, -0.25) is 0 Å². The Morgan fingerprint density at radius 1 is 0.852 bits per heavy atom. The number of rotatable bonds is 5. The van der Waals surface area contributed by atoms with Crippen molar-refractivity contribution < 1.29 is 21.1 Å². The summed E-state index contributed by atoms with van der Waals surface area (Å²) in [7, 11) is 1.67. The monoisotopic (exact) mass is 395 g/mol. The lowest BCUT2D eigenvalue weighted by atomic mass is 10.2. The lowest BCUT2D eigenvalue weighted by Crippen LogP contribution is -3.00. The average molecular weight is 396 g/mol. The maximum absolute atomic E-state index is 5.27. The fraction of sp³-hybridized carbons (Fsp3) is 0.0476. The van der Waals surface area contributed by atoms with Gasteiger partial charge in [0.05, 0.1) is 12.7 Å². The van der Waals surface area contributed by atoms with Gasteiger partial charge >= 0.3 is 11.0 Å². The number of ether oxygens (including phenoxy) is 1. The summed E-state index contributed by atoms with van der Waals surface area (Å²) in [4.78, 5) is 4.84. The Labute approximate surface area is 168 Å². The van der Waals surface area contributed by atoms with E-state index < -0.39 is 0 Å². The summed E-state index contributed by atoms with van der Waals surface area (Å²) in [5.74, 6) is 1.72. The van der Waals surface area contributed by atoms with Gasteiger partial charge in [0.1, 0.15) is 23.0 Å². The van der Waals surface area contributed by atoms with Gasteiger partial charge in [-0.25, -0.2) is 0 Å². The van der Waals surface area contributed by atoms with Crippen LogP contribution in [0.2, 0.25) is 0 Å². The van der Waals surface area contributed by atoms with Gasteiger partial charge in [0.15, 0.2) is 0 Å². The van der Waals surface area contributed by atoms with E-state index in [2.05, 4.69) is 21.4 Å². The minimum absolute atomic E-state index is 0. The van der Waals surface area contributed by atoms with Crippen LogP contribution in [0.15, 0.2) is 84.9 Å². The molecule has 0 radical (unpaired) electrons. The van der Waals surface area contributed by atoms with Crippen molar-refractivity contribution in [3.8, 4) is 22.8 Å². The number of methoxy groups -OCH3 is 1. The largest absolute Gasteiger partial charge is 1.00 e. The Balaban J connectivity index is 0.00000210. The molecule has 0 saturated carbocycles. The van der Waals surface area contributed by atoms with E-state index in [1.165, 1.54) is 0 Å². The van der Waals surface area contributed by atoms with Crippen LogP contribution in [-0.4, -0.2) is 12.1 Å². The number of benzene rings is 3. The SMILES string of the molecule is COc1ccc(-c2nc(Nc3ccccc3)s[n+]2-c2ccccc2)cc1.[Cl-]. The van der Waals surface area contributed by atoms with Crippen LogP contribution in [0.3, 0.4) is 0 Å². The van der Waals surface area contributed by atoms with E-state index in [1.807, 2.05) is 72.8 Å². The van der Waals surface area contributed by atoms with Crippen molar-refractivity contribution >= 4 is 22.4 Å². The molecule has 0 aliphatic rings. The van der Waals surface area contributed by atoms with Crippen molar-refractivity contribution in [2.45, 2.75) is 0 Å². The molecule has 1 aromatic heterocycles. The molecule has 0 fully saturated rings. The molecule has 1 N–H and O–H groups in total. The number of nitrogens with zero attached hydrogens (tertiary/aromatic N) is 2. The predicted octanol–water partition coefficient (Wildman–Crippen LogP) is 1.84. The number of nitrogens with one attached hydrogen (secondary N) is 1. The van der Waals surface area contributed by atoms with Crippen molar-refractivity contribution in [2.75, 3.05) is 12.4 Å². The summed E-state index contributed by atoms with van der Waals surface area (Å²) in [6.07, 6.45) is 0. The molecular weight excluding hydrogens is 378 g/mol. The highest BCUT2D eigenvalue weighted by Gasteiger charge is 2.24. The third-order valence-electron chi connectivity index (χ3n) is 3.94. The Kier molecular flexibility index (Phi) is 6.06. The van der Waals surface area contributed by atoms with Crippen molar-refractivity contribution in [2.24, 2.45) is 0 Å². The summed E-state index contributed by atoms with van der Waals surface area (Å²) >= 11 is 1.58. The number of hydrogen-bond donors (Lipinski definition) is 1. The fourth-order valence-electron chi connectivity index (χ4n) is 2.65. The van der Waals surface area contributed by atoms with E-state index >= 15 is 0 Å². The maximum atomic E-state index is 5.27. The van der Waals surface area contributed by atoms with Gasteiger partial charge in [0.25, 0.3) is 0 Å². The molecule has 27 heavy (non-hydrogen) atoms. The smallest absolute Gasteiger partial charge is 0.350 e. The summed E-state index contributed by atoms with van der Waals surface area (Å²) in [5, 5.41) is 4.23. The third kappa shape index (κ3) is 4.27. The van der Waals surface area contributed by atoms with Crippen molar-refractivity contribution in [3.63, 3.8) is 0 Å². The molecule has 4 nitrogen and oxygen atoms in total. The quantitative estimate of drug-likeness (QED) is 0.524. The van der Waals surface area contributed by atoms with E-state index in [1.54, 1.807) is 18.6 Å². The molecule has 0 unspecified atom stereocenters. The van der Waals surface area contributed by atoms with Crippen LogP contribution < -0.4 is 26.4 Å². The van der Waals surface area contributed by atoms with Crippen molar-refractivity contribution in [3.05, 3.63) is 84.9 Å². The summed E-state index contributed by atoms with van der Waals surface area (Å²) in [6.45, 7) is 0. The van der Waals surface area contributed by atoms with Crippen LogP contribution in [0.5, 0.6) is 5.75 Å². The van der Waals surface area contributed by atoms with Crippen LogP contribution >= 0.6 is 11.5 Å². The first-order valence-electron chi connectivity index (χ1n) is 8.29. The van der Waals surface area contributed by atoms with E-state index in [4.69, 9.17) is 9.72 Å². The van der Waals surface area contributed by atoms with Crippen LogP contribution in [0.4, 0.5) is 10.8 Å². The summed E-state index contributed by atoms with van der Waals surface area (Å²) in [6, 6.07) is 28.3. The minimum atomic E-state index is 0. The zero-order chi connectivity index (χ0) is 17.8. The van der Waals surface area contributed by atoms with Gasteiger partial charge in [-0.15, -0.1) is 3.96 Å². The molecule has 0 bridgehead atoms. The second-order valence-electron chi connectivity index (χ2n) is 5.68. The van der Waals surface area contributed by atoms with Crippen molar-refractivity contribution in [1.29, 1.82) is 0 Å². The van der Waals surface area contributed by atoms with Gasteiger partial charge in [-0.1, -0.05) is 36.4 Å². The second-order valence-corrected chi connectivity index (χ2v) is 6.62. The van der Waals surface area contributed by atoms with Crippen LogP contribution in [0.1, 0.15) is 0 Å². The zero-order valence-corrected chi connectivity index (χ0v) is 16.2. The standard InChI is InChI=1S/C21H17N3OS.ClH/c1-25-19-14-12-16(13-15-19)20-23-21(22-17-8-4-2-5-9-17)26-24(20)18-10-6-3-7-11-18;/h2-15H,1H3;1H. The number of hydrogen-bond acceptors (Lipinski definition) is 4. The van der Waals surface area contributed by atoms with E-state index in [9.17, 15) is 0 Å². The maximum Gasteiger partial charge on any atom is 0.350 e. The molecular formula is C21H18ClN3OS. The first kappa shape index (κ1) is 18.9. The molecule has 4 aromatic rings. The van der Waals surface area contributed by atoms with Crippen LogP contribution in [0, 0.1) is 0 Å². The van der Waals surface area contributed by atoms with Gasteiger partial charge in [0.2, 0.25) is 0 Å². The highest BCUT2D eigenvalue weighted by Crippen LogP contribution is 2.25. The molecule has 6 heteroatoms. The lowest BCUT2D eigenvalue weighted by Gasteiger charge is -2.00. The summed E-state index contributed by atoms with van der Waals surface area (Å²) < 4.78 is 7.40. The van der Waals surface area contributed by atoms with Gasteiger partial charge in [-0.05, 0) is 53.5 Å². The predicted molar refractivity (Wildman–Crippen MR) is 105 cm³/mol. The number of para-hydroxylation sites is 2. The molecule has 0 aliphatic heterocycles. The second kappa shape index (κ2) is 8.66. The third-order valence-corrected chi connectivity index (χ3v) is 4.87. The number of aromatic nitrogens is 2. The fourth-order valence-corrected chi connectivity index (χ4v) is 3.57. The Hall–Kier alpha value is -2.89. The molecule has 3 aromatic carbocycles. The highest BCUT2D eigenvalue weighted by molar-refractivity contribution is 7.06. The van der Waals surface area contributed by atoms with E-state index in [0.29, 0.717) is 0 Å². The molecule has 1 heterocycles. The Morgan fingerprint density at radius 2 is 1.48 bits per heavy atom. The lowest BCUT2D eigenvalue weighted by molar-refractivity contribution is -0.509. The average Bonchev–Trinajstić information content (AvgIpc) is 3.13. The van der Waals surface area contributed by atoms with E-state index in [0.717, 1.165) is 33.6 Å². The molecule has 4 rings (SSSR count). The first-order valence-corrected chi connectivity index (χ1v) is 9.06. The molecule has 0 atom stereocenters. The normalized spacial score (nSPS) is 10.1. The molecule has 0 saturated heterocycles. The first-order chi connectivity index (χ1) is 12.8. The number of halogens is 1. The Morgan fingerprint density at radius 3 is 2.11 bits per heavy atom. The van der Waals surface area contributed by atoms with Crippen molar-refractivity contribution in [1.82, 2.24) is 4.98 Å². The van der Waals surface area contributed by atoms with Gasteiger partial charge < -0.3 is 22.5 Å². The molecule has 0 aliphatic carbocycles. The van der Waals surface area contributed by atoms with Gasteiger partial charge in [-0.2, -0.15) is 0 Å². The highest BCUT2D eigenvalue weighted by atomic mass is 35.5. The van der Waals surface area contributed by atoms with Gasteiger partial charge in [0, 0.05) is 5.69 Å². The van der Waals surface area contributed by atoms with E-state index in [-0.39, 0.29) is 12.4 Å². The molecule has 0 spiro atoms. The molecule has 0 amide bonds.